The van der Waals surface area contributed by atoms with Crippen molar-refractivity contribution in [2.75, 3.05) is 29.1 Å². The van der Waals surface area contributed by atoms with E-state index in [0.717, 1.165) is 5.69 Å². The van der Waals surface area contributed by atoms with Gasteiger partial charge in [-0.2, -0.15) is 4.98 Å². The molecule has 1 amide bonds. The minimum atomic E-state index is -0.0534. The normalized spacial score (nSPS) is 13.7. The molecule has 0 aliphatic carbocycles. The molecule has 0 saturated carbocycles. The summed E-state index contributed by atoms with van der Waals surface area (Å²) in [6, 6.07) is 9.70. The Morgan fingerprint density at radius 3 is 2.89 bits per heavy atom. The molecule has 1 aromatic heterocycles. The quantitative estimate of drug-likeness (QED) is 0.853. The molecule has 1 aromatic carbocycles. The van der Waals surface area contributed by atoms with E-state index in [-0.39, 0.29) is 5.91 Å². The average molecular weight is 255 g/mol. The standard InChI is InChI=1S/C13H13N5O/c1-18-8-11(19)16-10-7-14-13(17-12(10)18)15-9-5-3-2-4-6-9/h2-7H,8H2,1H3,(H,16,19)(H,14,15,17). The zero-order chi connectivity index (χ0) is 13.2. The van der Waals surface area contributed by atoms with E-state index in [9.17, 15) is 4.79 Å². The maximum atomic E-state index is 11.4. The van der Waals surface area contributed by atoms with Crippen LogP contribution in [0, 0.1) is 0 Å². The summed E-state index contributed by atoms with van der Waals surface area (Å²) in [5.74, 6) is 1.17. The monoisotopic (exact) mass is 255 g/mol. The Kier molecular flexibility index (Phi) is 2.75. The van der Waals surface area contributed by atoms with Gasteiger partial charge in [0.1, 0.15) is 5.69 Å². The number of carbonyl (C=O) groups is 1. The number of benzene rings is 1. The molecule has 0 atom stereocenters. The molecule has 0 radical (unpaired) electrons. The summed E-state index contributed by atoms with van der Waals surface area (Å²) in [6.07, 6.45) is 1.61. The Morgan fingerprint density at radius 2 is 2.11 bits per heavy atom. The third kappa shape index (κ3) is 2.33. The summed E-state index contributed by atoms with van der Waals surface area (Å²) in [5.41, 5.74) is 1.56. The van der Waals surface area contributed by atoms with Crippen LogP contribution in [-0.4, -0.2) is 29.5 Å². The van der Waals surface area contributed by atoms with Crippen LogP contribution in [-0.2, 0) is 4.79 Å². The van der Waals surface area contributed by atoms with Crippen molar-refractivity contribution in [1.82, 2.24) is 9.97 Å². The van der Waals surface area contributed by atoms with E-state index < -0.39 is 0 Å². The fourth-order valence-corrected chi connectivity index (χ4v) is 1.94. The van der Waals surface area contributed by atoms with Crippen LogP contribution in [0.5, 0.6) is 0 Å². The van der Waals surface area contributed by atoms with Crippen LogP contribution in [0.4, 0.5) is 23.1 Å². The number of hydrogen-bond acceptors (Lipinski definition) is 5. The molecule has 1 aliphatic heterocycles. The van der Waals surface area contributed by atoms with Gasteiger partial charge in [0.15, 0.2) is 5.82 Å². The van der Waals surface area contributed by atoms with Gasteiger partial charge in [0.2, 0.25) is 11.9 Å². The second kappa shape index (κ2) is 4.56. The van der Waals surface area contributed by atoms with Crippen molar-refractivity contribution in [3.05, 3.63) is 36.5 Å². The molecule has 0 unspecified atom stereocenters. The number of likely N-dealkylation sites (N-methyl/N-ethyl adjacent to an activating group) is 1. The summed E-state index contributed by atoms with van der Waals surface area (Å²) in [4.78, 5) is 21.8. The van der Waals surface area contributed by atoms with E-state index in [2.05, 4.69) is 20.6 Å². The number of carbonyl (C=O) groups excluding carboxylic acids is 1. The zero-order valence-electron chi connectivity index (χ0n) is 10.4. The van der Waals surface area contributed by atoms with Crippen LogP contribution in [0.1, 0.15) is 0 Å². The van der Waals surface area contributed by atoms with Crippen LogP contribution < -0.4 is 15.5 Å². The van der Waals surface area contributed by atoms with E-state index in [1.54, 1.807) is 11.1 Å². The molecule has 19 heavy (non-hydrogen) atoms. The van der Waals surface area contributed by atoms with E-state index in [1.165, 1.54) is 0 Å². The third-order valence-electron chi connectivity index (χ3n) is 2.82. The Bertz CT molecular complexity index is 614. The Balaban J connectivity index is 1.89. The highest BCUT2D eigenvalue weighted by Gasteiger charge is 2.21. The van der Waals surface area contributed by atoms with Gasteiger partial charge in [-0.25, -0.2) is 4.98 Å². The number of rotatable bonds is 2. The van der Waals surface area contributed by atoms with Gasteiger partial charge in [-0.3, -0.25) is 4.79 Å². The van der Waals surface area contributed by atoms with Crippen molar-refractivity contribution in [1.29, 1.82) is 0 Å². The van der Waals surface area contributed by atoms with E-state index >= 15 is 0 Å². The van der Waals surface area contributed by atoms with E-state index in [1.807, 2.05) is 37.4 Å². The Hall–Kier alpha value is -2.63. The number of nitrogens with one attached hydrogen (secondary N) is 2. The molecular weight excluding hydrogens is 242 g/mol. The lowest BCUT2D eigenvalue weighted by Crippen LogP contribution is -2.36. The number of amides is 1. The molecule has 6 nitrogen and oxygen atoms in total. The minimum Gasteiger partial charge on any atom is -0.348 e. The molecule has 2 aromatic rings. The molecule has 3 rings (SSSR count). The molecule has 0 saturated heterocycles. The fourth-order valence-electron chi connectivity index (χ4n) is 1.94. The van der Waals surface area contributed by atoms with E-state index in [4.69, 9.17) is 0 Å². The summed E-state index contributed by atoms with van der Waals surface area (Å²) < 4.78 is 0. The summed E-state index contributed by atoms with van der Waals surface area (Å²) in [5, 5.41) is 5.87. The first-order valence-electron chi connectivity index (χ1n) is 5.92. The number of anilines is 4. The highest BCUT2D eigenvalue weighted by molar-refractivity contribution is 6.00. The maximum Gasteiger partial charge on any atom is 0.244 e. The van der Waals surface area contributed by atoms with Gasteiger partial charge in [-0.15, -0.1) is 0 Å². The van der Waals surface area contributed by atoms with E-state index in [0.29, 0.717) is 24.0 Å². The highest BCUT2D eigenvalue weighted by Crippen LogP contribution is 2.26. The molecule has 1 aliphatic rings. The van der Waals surface area contributed by atoms with Crippen molar-refractivity contribution < 1.29 is 4.79 Å². The van der Waals surface area contributed by atoms with Gasteiger partial charge in [-0.1, -0.05) is 18.2 Å². The molecular formula is C13H13N5O. The van der Waals surface area contributed by atoms with Crippen LogP contribution in [0.15, 0.2) is 36.5 Å². The van der Waals surface area contributed by atoms with Crippen molar-refractivity contribution in [3.63, 3.8) is 0 Å². The molecule has 6 heteroatoms. The Labute approximate surface area is 110 Å². The minimum absolute atomic E-state index is 0.0534. The number of fused-ring (bicyclic) bond motifs is 1. The highest BCUT2D eigenvalue weighted by atomic mass is 16.2. The lowest BCUT2D eigenvalue weighted by atomic mass is 10.3. The van der Waals surface area contributed by atoms with Crippen LogP contribution in [0.3, 0.4) is 0 Å². The SMILES string of the molecule is CN1CC(=O)Nc2cnc(Nc3ccccc3)nc21. The summed E-state index contributed by atoms with van der Waals surface area (Å²) in [7, 11) is 1.83. The maximum absolute atomic E-state index is 11.4. The smallest absolute Gasteiger partial charge is 0.244 e. The molecule has 2 N–H and O–H groups in total. The van der Waals surface area contributed by atoms with Crippen molar-refractivity contribution in [2.24, 2.45) is 0 Å². The topological polar surface area (TPSA) is 70.2 Å². The largest absolute Gasteiger partial charge is 0.348 e. The van der Waals surface area contributed by atoms with Gasteiger partial charge < -0.3 is 15.5 Å². The zero-order valence-corrected chi connectivity index (χ0v) is 10.4. The van der Waals surface area contributed by atoms with Gasteiger partial charge in [0.25, 0.3) is 0 Å². The molecule has 2 heterocycles. The second-order valence-corrected chi connectivity index (χ2v) is 4.33. The Morgan fingerprint density at radius 1 is 1.32 bits per heavy atom. The van der Waals surface area contributed by atoms with Gasteiger partial charge >= 0.3 is 0 Å². The summed E-state index contributed by atoms with van der Waals surface area (Å²) in [6.45, 7) is 0.300. The van der Waals surface area contributed by atoms with Crippen LogP contribution >= 0.6 is 0 Å². The molecule has 0 fully saturated rings. The molecule has 96 valence electrons. The van der Waals surface area contributed by atoms with Crippen molar-refractivity contribution in [3.8, 4) is 0 Å². The van der Waals surface area contributed by atoms with Gasteiger partial charge in [-0.05, 0) is 12.1 Å². The third-order valence-corrected chi connectivity index (χ3v) is 2.82. The first-order valence-corrected chi connectivity index (χ1v) is 5.92. The molecule has 0 spiro atoms. The average Bonchev–Trinajstić information content (AvgIpc) is 2.40. The second-order valence-electron chi connectivity index (χ2n) is 4.33. The predicted octanol–water partition coefficient (Wildman–Crippen LogP) is 1.61. The molecule has 0 bridgehead atoms. The van der Waals surface area contributed by atoms with Crippen molar-refractivity contribution in [2.45, 2.75) is 0 Å². The lowest BCUT2D eigenvalue weighted by Gasteiger charge is -2.25. The predicted molar refractivity (Wildman–Crippen MR) is 73.7 cm³/mol. The number of nitrogens with zero attached hydrogens (tertiary/aromatic N) is 3. The fraction of sp³-hybridized carbons (Fsp3) is 0.154. The first-order chi connectivity index (χ1) is 9.22. The number of hydrogen-bond donors (Lipinski definition) is 2. The first kappa shape index (κ1) is 11.5. The summed E-state index contributed by atoms with van der Waals surface area (Å²) >= 11 is 0. The number of para-hydroxylation sites is 1. The van der Waals surface area contributed by atoms with Crippen LogP contribution in [0.25, 0.3) is 0 Å². The number of aromatic nitrogens is 2. The van der Waals surface area contributed by atoms with Gasteiger partial charge in [0.05, 0.1) is 12.7 Å². The van der Waals surface area contributed by atoms with Gasteiger partial charge in [0, 0.05) is 12.7 Å². The lowest BCUT2D eigenvalue weighted by molar-refractivity contribution is -0.115. The van der Waals surface area contributed by atoms with Crippen LogP contribution in [0.2, 0.25) is 0 Å². The van der Waals surface area contributed by atoms with Crippen molar-refractivity contribution >= 4 is 29.0 Å².